The highest BCUT2D eigenvalue weighted by Gasteiger charge is 2.32. The summed E-state index contributed by atoms with van der Waals surface area (Å²) in [7, 11) is 6.55. The summed E-state index contributed by atoms with van der Waals surface area (Å²) in [5.41, 5.74) is 0.336. The first-order chi connectivity index (χ1) is 6.97. The van der Waals surface area contributed by atoms with Gasteiger partial charge in [0.05, 0.1) is 0 Å². The molecule has 1 rings (SSSR count). The van der Waals surface area contributed by atoms with Gasteiger partial charge in [0.25, 0.3) is 0 Å². The minimum Gasteiger partial charge on any atom is -0.320 e. The average Bonchev–Trinajstić information content (AvgIpc) is 2.28. The zero-order valence-corrected chi connectivity index (χ0v) is 11.0. The lowest BCUT2D eigenvalue weighted by Crippen LogP contribution is -2.48. The van der Waals surface area contributed by atoms with E-state index in [1.165, 1.54) is 25.9 Å². The molecule has 1 aliphatic rings. The molecule has 0 aliphatic carbocycles. The van der Waals surface area contributed by atoms with E-state index in [2.05, 4.69) is 43.1 Å². The van der Waals surface area contributed by atoms with Crippen LogP contribution in [0.3, 0.4) is 0 Å². The summed E-state index contributed by atoms with van der Waals surface area (Å²) in [5.74, 6) is 0. The zero-order chi connectivity index (χ0) is 11.5. The first-order valence-corrected chi connectivity index (χ1v) is 6.03. The van der Waals surface area contributed by atoms with Crippen molar-refractivity contribution in [3.63, 3.8) is 0 Å². The smallest absolute Gasteiger partial charge is 0.0237 e. The molecule has 1 saturated heterocycles. The zero-order valence-electron chi connectivity index (χ0n) is 11.0. The van der Waals surface area contributed by atoms with Crippen molar-refractivity contribution in [2.75, 3.05) is 40.8 Å². The first-order valence-electron chi connectivity index (χ1n) is 6.03. The van der Waals surface area contributed by atoms with Crippen LogP contribution in [0.2, 0.25) is 0 Å². The maximum absolute atomic E-state index is 3.25. The molecular weight excluding hydrogens is 186 g/mol. The standard InChI is InChI=1S/C12H27N3/c1-12(2)7-9-14(4)10-11(15(12)5)6-8-13-3/h11,13H,6-10H2,1-5H3. The maximum Gasteiger partial charge on any atom is 0.0237 e. The Labute approximate surface area is 94.8 Å². The SMILES string of the molecule is CNCCC1CN(C)CCC(C)(C)N1C. The molecule has 1 unspecified atom stereocenters. The second kappa shape index (κ2) is 5.28. The predicted octanol–water partition coefficient (Wildman–Crippen LogP) is 1.01. The van der Waals surface area contributed by atoms with Crippen LogP contribution < -0.4 is 5.32 Å². The number of nitrogens with zero attached hydrogens (tertiary/aromatic N) is 2. The Kier molecular flexibility index (Phi) is 4.56. The Balaban J connectivity index is 2.64. The van der Waals surface area contributed by atoms with Crippen molar-refractivity contribution in [1.82, 2.24) is 15.1 Å². The summed E-state index contributed by atoms with van der Waals surface area (Å²) in [4.78, 5) is 5.03. The molecule has 0 spiro atoms. The third kappa shape index (κ3) is 3.44. The molecular formula is C12H27N3. The Morgan fingerprint density at radius 2 is 2.00 bits per heavy atom. The van der Waals surface area contributed by atoms with Gasteiger partial charge in [0.2, 0.25) is 0 Å². The number of hydrogen-bond donors (Lipinski definition) is 1. The quantitative estimate of drug-likeness (QED) is 0.755. The van der Waals surface area contributed by atoms with E-state index in [1.54, 1.807) is 0 Å². The largest absolute Gasteiger partial charge is 0.320 e. The van der Waals surface area contributed by atoms with Gasteiger partial charge in [-0.3, -0.25) is 4.90 Å². The van der Waals surface area contributed by atoms with Crippen LogP contribution in [-0.4, -0.2) is 62.2 Å². The number of likely N-dealkylation sites (N-methyl/N-ethyl adjacent to an activating group) is 2. The molecule has 1 N–H and O–H groups in total. The summed E-state index contributed by atoms with van der Waals surface area (Å²) < 4.78 is 0. The van der Waals surface area contributed by atoms with Crippen molar-refractivity contribution in [2.24, 2.45) is 0 Å². The van der Waals surface area contributed by atoms with Crippen LogP contribution >= 0.6 is 0 Å². The van der Waals surface area contributed by atoms with Crippen LogP contribution in [0.1, 0.15) is 26.7 Å². The van der Waals surface area contributed by atoms with Crippen molar-refractivity contribution in [3.05, 3.63) is 0 Å². The van der Waals surface area contributed by atoms with Gasteiger partial charge >= 0.3 is 0 Å². The fourth-order valence-corrected chi connectivity index (χ4v) is 2.30. The first kappa shape index (κ1) is 12.9. The second-order valence-corrected chi connectivity index (χ2v) is 5.48. The fourth-order valence-electron chi connectivity index (χ4n) is 2.30. The van der Waals surface area contributed by atoms with Crippen LogP contribution in [0, 0.1) is 0 Å². The van der Waals surface area contributed by atoms with Gasteiger partial charge in [0, 0.05) is 18.1 Å². The molecule has 0 amide bonds. The lowest BCUT2D eigenvalue weighted by molar-refractivity contribution is 0.104. The lowest BCUT2D eigenvalue weighted by Gasteiger charge is -2.39. The molecule has 0 saturated carbocycles. The Hall–Kier alpha value is -0.120. The molecule has 90 valence electrons. The molecule has 3 heteroatoms. The summed E-state index contributed by atoms with van der Waals surface area (Å²) >= 11 is 0. The van der Waals surface area contributed by atoms with Crippen molar-refractivity contribution in [3.8, 4) is 0 Å². The van der Waals surface area contributed by atoms with E-state index in [-0.39, 0.29) is 0 Å². The summed E-state index contributed by atoms with van der Waals surface area (Å²) in [6.07, 6.45) is 2.50. The van der Waals surface area contributed by atoms with Gasteiger partial charge in [-0.25, -0.2) is 0 Å². The normalized spacial score (nSPS) is 29.0. The van der Waals surface area contributed by atoms with E-state index in [0.717, 1.165) is 6.54 Å². The lowest BCUT2D eigenvalue weighted by atomic mass is 9.97. The van der Waals surface area contributed by atoms with Gasteiger partial charge in [0.1, 0.15) is 0 Å². The van der Waals surface area contributed by atoms with Gasteiger partial charge < -0.3 is 10.2 Å². The van der Waals surface area contributed by atoms with Crippen LogP contribution in [-0.2, 0) is 0 Å². The van der Waals surface area contributed by atoms with Gasteiger partial charge in [-0.15, -0.1) is 0 Å². The monoisotopic (exact) mass is 213 g/mol. The second-order valence-electron chi connectivity index (χ2n) is 5.48. The van der Waals surface area contributed by atoms with Crippen LogP contribution in [0.4, 0.5) is 0 Å². The topological polar surface area (TPSA) is 18.5 Å². The van der Waals surface area contributed by atoms with Crippen molar-refractivity contribution >= 4 is 0 Å². The van der Waals surface area contributed by atoms with Crippen LogP contribution in [0.25, 0.3) is 0 Å². The van der Waals surface area contributed by atoms with Gasteiger partial charge in [-0.2, -0.15) is 0 Å². The molecule has 3 nitrogen and oxygen atoms in total. The van der Waals surface area contributed by atoms with Crippen LogP contribution in [0.5, 0.6) is 0 Å². The summed E-state index contributed by atoms with van der Waals surface area (Å²) in [6, 6.07) is 0.681. The highest BCUT2D eigenvalue weighted by Crippen LogP contribution is 2.24. The highest BCUT2D eigenvalue weighted by atomic mass is 15.3. The minimum absolute atomic E-state index is 0.336. The number of nitrogens with one attached hydrogen (secondary N) is 1. The van der Waals surface area contributed by atoms with Gasteiger partial charge in [-0.1, -0.05) is 0 Å². The summed E-state index contributed by atoms with van der Waals surface area (Å²) in [6.45, 7) is 8.24. The van der Waals surface area contributed by atoms with Crippen molar-refractivity contribution in [2.45, 2.75) is 38.3 Å². The van der Waals surface area contributed by atoms with Crippen molar-refractivity contribution in [1.29, 1.82) is 0 Å². The van der Waals surface area contributed by atoms with E-state index in [1.807, 2.05) is 7.05 Å². The molecule has 1 atom stereocenters. The van der Waals surface area contributed by atoms with E-state index in [4.69, 9.17) is 0 Å². The molecule has 0 aromatic carbocycles. The van der Waals surface area contributed by atoms with Crippen molar-refractivity contribution < 1.29 is 0 Å². The molecule has 1 aliphatic heterocycles. The van der Waals surface area contributed by atoms with E-state index >= 15 is 0 Å². The summed E-state index contributed by atoms with van der Waals surface area (Å²) in [5, 5.41) is 3.25. The van der Waals surface area contributed by atoms with Gasteiger partial charge in [0.15, 0.2) is 0 Å². The van der Waals surface area contributed by atoms with Gasteiger partial charge in [-0.05, 0) is 60.9 Å². The molecule has 1 fully saturated rings. The van der Waals surface area contributed by atoms with E-state index in [0.29, 0.717) is 11.6 Å². The third-order valence-corrected chi connectivity index (χ3v) is 3.86. The number of hydrogen-bond acceptors (Lipinski definition) is 3. The maximum atomic E-state index is 3.25. The molecule has 1 heterocycles. The fraction of sp³-hybridized carbons (Fsp3) is 1.00. The van der Waals surface area contributed by atoms with E-state index in [9.17, 15) is 0 Å². The Bertz CT molecular complexity index is 191. The predicted molar refractivity (Wildman–Crippen MR) is 66.3 cm³/mol. The average molecular weight is 213 g/mol. The molecule has 15 heavy (non-hydrogen) atoms. The molecule has 0 aromatic heterocycles. The number of rotatable bonds is 3. The molecule has 0 radical (unpaired) electrons. The van der Waals surface area contributed by atoms with E-state index < -0.39 is 0 Å². The third-order valence-electron chi connectivity index (χ3n) is 3.86. The highest BCUT2D eigenvalue weighted by molar-refractivity contribution is 4.89. The minimum atomic E-state index is 0.336. The molecule has 0 bridgehead atoms. The Morgan fingerprint density at radius 3 is 2.60 bits per heavy atom. The van der Waals surface area contributed by atoms with Crippen LogP contribution in [0.15, 0.2) is 0 Å². The molecule has 0 aromatic rings. The Morgan fingerprint density at radius 1 is 1.33 bits per heavy atom.